The summed E-state index contributed by atoms with van der Waals surface area (Å²) in [5.41, 5.74) is 4.07. The predicted molar refractivity (Wildman–Crippen MR) is 80.3 cm³/mol. The van der Waals surface area contributed by atoms with Crippen molar-refractivity contribution in [1.29, 1.82) is 0 Å². The van der Waals surface area contributed by atoms with E-state index < -0.39 is 0 Å². The third-order valence-corrected chi connectivity index (χ3v) is 3.85. The third kappa shape index (κ3) is 2.74. The number of carbonyl (C=O) groups is 1. The summed E-state index contributed by atoms with van der Waals surface area (Å²) in [6.45, 7) is 7.72. The van der Waals surface area contributed by atoms with Gasteiger partial charge in [0, 0.05) is 18.7 Å². The molecule has 0 spiro atoms. The molecule has 1 aliphatic rings. The lowest BCUT2D eigenvalue weighted by molar-refractivity contribution is -0.0124. The van der Waals surface area contributed by atoms with Gasteiger partial charge in [0.2, 0.25) is 0 Å². The van der Waals surface area contributed by atoms with Crippen molar-refractivity contribution in [2.45, 2.75) is 26.9 Å². The van der Waals surface area contributed by atoms with E-state index in [1.54, 1.807) is 0 Å². The van der Waals surface area contributed by atoms with E-state index in [9.17, 15) is 4.79 Å². The van der Waals surface area contributed by atoms with Crippen molar-refractivity contribution < 1.29 is 9.53 Å². The Balaban J connectivity index is 1.93. The second kappa shape index (κ2) is 5.41. The summed E-state index contributed by atoms with van der Waals surface area (Å²) in [5.74, 6) is 0.0343. The molecule has 0 saturated carbocycles. The molecule has 1 saturated heterocycles. The number of carbonyl (C=O) groups excluding carboxylic acids is 1. The van der Waals surface area contributed by atoms with Gasteiger partial charge in [-0.2, -0.15) is 0 Å². The number of amides is 1. The number of nitrogens with zero attached hydrogens (tertiary/aromatic N) is 3. The Labute approximate surface area is 124 Å². The van der Waals surface area contributed by atoms with Crippen molar-refractivity contribution in [3.8, 4) is 0 Å². The second-order valence-electron chi connectivity index (χ2n) is 5.53. The zero-order chi connectivity index (χ0) is 15.0. The van der Waals surface area contributed by atoms with Crippen LogP contribution in [0.3, 0.4) is 0 Å². The molecule has 0 aliphatic carbocycles. The summed E-state index contributed by atoms with van der Waals surface area (Å²) >= 11 is 0. The molecule has 1 unspecified atom stereocenters. The molecule has 1 aromatic carbocycles. The fraction of sp³-hybridized carbons (Fsp3) is 0.438. The summed E-state index contributed by atoms with van der Waals surface area (Å²) in [4.78, 5) is 23.4. The molecule has 110 valence electrons. The molecule has 0 N–H and O–H groups in total. The lowest BCUT2D eigenvalue weighted by Crippen LogP contribution is -2.44. The summed E-state index contributed by atoms with van der Waals surface area (Å²) < 4.78 is 5.48. The minimum Gasteiger partial charge on any atom is -0.375 e. The molecular formula is C16H19N3O2. The molecule has 3 rings (SSSR count). The maximum atomic E-state index is 12.6. The minimum absolute atomic E-state index is 0.0343. The molecule has 5 heteroatoms. The molecule has 2 heterocycles. The van der Waals surface area contributed by atoms with E-state index in [0.717, 1.165) is 22.4 Å². The van der Waals surface area contributed by atoms with Crippen LogP contribution in [0.1, 0.15) is 28.7 Å². The van der Waals surface area contributed by atoms with Gasteiger partial charge in [-0.1, -0.05) is 0 Å². The smallest absolute Gasteiger partial charge is 0.254 e. The number of morpholine rings is 1. The predicted octanol–water partition coefficient (Wildman–Crippen LogP) is 2.11. The Hall–Kier alpha value is -2.01. The number of hydrogen-bond acceptors (Lipinski definition) is 4. The van der Waals surface area contributed by atoms with Crippen LogP contribution < -0.4 is 0 Å². The summed E-state index contributed by atoms with van der Waals surface area (Å²) in [6.07, 6.45) is 0.0906. The molecule has 5 nitrogen and oxygen atoms in total. The Morgan fingerprint density at radius 3 is 2.67 bits per heavy atom. The maximum absolute atomic E-state index is 12.6. The number of aromatic nitrogens is 2. The van der Waals surface area contributed by atoms with Gasteiger partial charge in [0.05, 0.1) is 35.1 Å². The fourth-order valence-corrected chi connectivity index (χ4v) is 2.55. The standard InChI is InChI=1S/C16H19N3O2/c1-10-9-19(6-7-21-10)16(20)13-4-5-14-15(8-13)18-12(3)11(2)17-14/h4-5,8,10H,6-7,9H2,1-3H3. The Bertz CT molecular complexity index is 699. The van der Waals surface area contributed by atoms with Gasteiger partial charge in [0.25, 0.3) is 5.91 Å². The highest BCUT2D eigenvalue weighted by Gasteiger charge is 2.22. The topological polar surface area (TPSA) is 55.3 Å². The van der Waals surface area contributed by atoms with Crippen LogP contribution in [0.5, 0.6) is 0 Å². The lowest BCUT2D eigenvalue weighted by Gasteiger charge is -2.31. The number of fused-ring (bicyclic) bond motifs is 1. The quantitative estimate of drug-likeness (QED) is 0.805. The van der Waals surface area contributed by atoms with Crippen LogP contribution in [0.15, 0.2) is 18.2 Å². The van der Waals surface area contributed by atoms with Gasteiger partial charge in [0.15, 0.2) is 0 Å². The van der Waals surface area contributed by atoms with Crippen LogP contribution in [0.25, 0.3) is 11.0 Å². The SMILES string of the molecule is Cc1nc2ccc(C(=O)N3CCOC(C)C3)cc2nc1C. The zero-order valence-corrected chi connectivity index (χ0v) is 12.6. The first-order valence-electron chi connectivity index (χ1n) is 7.20. The van der Waals surface area contributed by atoms with E-state index in [2.05, 4.69) is 9.97 Å². The molecule has 21 heavy (non-hydrogen) atoms. The van der Waals surface area contributed by atoms with Gasteiger partial charge in [-0.3, -0.25) is 4.79 Å². The van der Waals surface area contributed by atoms with Gasteiger partial charge in [-0.15, -0.1) is 0 Å². The first kappa shape index (κ1) is 13.9. The van der Waals surface area contributed by atoms with E-state index in [0.29, 0.717) is 25.3 Å². The van der Waals surface area contributed by atoms with Crippen LogP contribution in [0.2, 0.25) is 0 Å². The van der Waals surface area contributed by atoms with Gasteiger partial charge in [0.1, 0.15) is 0 Å². The van der Waals surface area contributed by atoms with E-state index in [1.165, 1.54) is 0 Å². The minimum atomic E-state index is 0.0343. The van der Waals surface area contributed by atoms with Crippen molar-refractivity contribution in [3.05, 3.63) is 35.2 Å². The molecule has 2 aromatic rings. The van der Waals surface area contributed by atoms with Crippen molar-refractivity contribution in [3.63, 3.8) is 0 Å². The van der Waals surface area contributed by atoms with E-state index >= 15 is 0 Å². The Morgan fingerprint density at radius 1 is 1.24 bits per heavy atom. The number of aryl methyl sites for hydroxylation is 2. The van der Waals surface area contributed by atoms with Crippen LogP contribution in [0.4, 0.5) is 0 Å². The highest BCUT2D eigenvalue weighted by molar-refractivity contribution is 5.97. The molecule has 1 atom stereocenters. The van der Waals surface area contributed by atoms with Crippen molar-refractivity contribution in [2.75, 3.05) is 19.7 Å². The summed E-state index contributed by atoms with van der Waals surface area (Å²) in [5, 5.41) is 0. The van der Waals surface area contributed by atoms with Gasteiger partial charge < -0.3 is 9.64 Å². The molecule has 0 bridgehead atoms. The van der Waals surface area contributed by atoms with E-state index in [-0.39, 0.29) is 12.0 Å². The third-order valence-electron chi connectivity index (χ3n) is 3.85. The normalized spacial score (nSPS) is 19.0. The van der Waals surface area contributed by atoms with Crippen LogP contribution in [-0.4, -0.2) is 46.6 Å². The van der Waals surface area contributed by atoms with Crippen molar-refractivity contribution >= 4 is 16.9 Å². The summed E-state index contributed by atoms with van der Waals surface area (Å²) in [7, 11) is 0. The molecule has 1 fully saturated rings. The van der Waals surface area contributed by atoms with E-state index in [4.69, 9.17) is 4.74 Å². The first-order valence-corrected chi connectivity index (χ1v) is 7.20. The molecular weight excluding hydrogens is 266 g/mol. The second-order valence-corrected chi connectivity index (χ2v) is 5.53. The summed E-state index contributed by atoms with van der Waals surface area (Å²) in [6, 6.07) is 5.53. The molecule has 0 radical (unpaired) electrons. The largest absolute Gasteiger partial charge is 0.375 e. The molecule has 1 amide bonds. The highest BCUT2D eigenvalue weighted by Crippen LogP contribution is 2.17. The first-order chi connectivity index (χ1) is 10.0. The van der Waals surface area contributed by atoms with Crippen LogP contribution >= 0.6 is 0 Å². The molecule has 1 aliphatic heterocycles. The van der Waals surface area contributed by atoms with Crippen LogP contribution in [-0.2, 0) is 4.74 Å². The van der Waals surface area contributed by atoms with Gasteiger partial charge in [-0.05, 0) is 39.0 Å². The van der Waals surface area contributed by atoms with Crippen molar-refractivity contribution in [2.24, 2.45) is 0 Å². The average Bonchev–Trinajstić information content (AvgIpc) is 2.47. The lowest BCUT2D eigenvalue weighted by atomic mass is 10.1. The zero-order valence-electron chi connectivity index (χ0n) is 12.6. The maximum Gasteiger partial charge on any atom is 0.254 e. The number of ether oxygens (including phenoxy) is 1. The number of hydrogen-bond donors (Lipinski definition) is 0. The van der Waals surface area contributed by atoms with Gasteiger partial charge >= 0.3 is 0 Å². The van der Waals surface area contributed by atoms with E-state index in [1.807, 2.05) is 43.9 Å². The molecule has 1 aromatic heterocycles. The number of rotatable bonds is 1. The Morgan fingerprint density at radius 2 is 1.95 bits per heavy atom. The van der Waals surface area contributed by atoms with Gasteiger partial charge in [-0.25, -0.2) is 9.97 Å². The average molecular weight is 285 g/mol. The monoisotopic (exact) mass is 285 g/mol. The fourth-order valence-electron chi connectivity index (χ4n) is 2.55. The van der Waals surface area contributed by atoms with Crippen LogP contribution in [0, 0.1) is 13.8 Å². The Kier molecular flexibility index (Phi) is 3.59. The van der Waals surface area contributed by atoms with Crippen molar-refractivity contribution in [1.82, 2.24) is 14.9 Å². The highest BCUT2D eigenvalue weighted by atomic mass is 16.5. The number of benzene rings is 1.